The molecule has 0 aliphatic carbocycles. The third-order valence-corrected chi connectivity index (χ3v) is 5.95. The minimum atomic E-state index is -3.33. The van der Waals surface area contributed by atoms with Gasteiger partial charge in [0.25, 0.3) is 0 Å². The second-order valence-corrected chi connectivity index (χ2v) is 8.46. The molecule has 0 saturated heterocycles. The largest absolute Gasteiger partial charge is 0.497 e. The quantitative estimate of drug-likeness (QED) is 0.642. The number of nitriles is 1. The Morgan fingerprint density at radius 2 is 1.86 bits per heavy atom. The number of anilines is 1. The van der Waals surface area contributed by atoms with Crippen LogP contribution in [0.5, 0.6) is 5.75 Å². The lowest BCUT2D eigenvalue weighted by molar-refractivity contribution is 0.415. The van der Waals surface area contributed by atoms with Crippen molar-refractivity contribution < 1.29 is 13.2 Å². The topological polar surface area (TPSA) is 84.1 Å². The summed E-state index contributed by atoms with van der Waals surface area (Å²) in [5.41, 5.74) is 3.75. The third kappa shape index (κ3) is 3.69. The molecule has 0 spiro atoms. The number of hydrogen-bond acceptors (Lipinski definition) is 4. The maximum absolute atomic E-state index is 11.8. The lowest BCUT2D eigenvalue weighted by atomic mass is 10.1. The number of nitrogens with zero attached hydrogens (tertiary/aromatic N) is 2. The molecule has 7 heteroatoms. The number of aryl methyl sites for hydroxylation is 1. The van der Waals surface area contributed by atoms with E-state index in [-0.39, 0.29) is 5.75 Å². The number of ether oxygens (including phenoxy) is 1. The first-order valence-electron chi connectivity index (χ1n) is 9.15. The first-order chi connectivity index (χ1) is 13.4. The van der Waals surface area contributed by atoms with Gasteiger partial charge in [0.15, 0.2) is 0 Å². The molecule has 1 N–H and O–H groups in total. The molecular formula is C21H23N3O3S. The Morgan fingerprint density at radius 1 is 1.14 bits per heavy atom. The highest BCUT2D eigenvalue weighted by Crippen LogP contribution is 2.36. The number of rotatable bonds is 7. The van der Waals surface area contributed by atoms with Gasteiger partial charge in [-0.05, 0) is 43.2 Å². The smallest absolute Gasteiger partial charge is 0.232 e. The van der Waals surface area contributed by atoms with Gasteiger partial charge in [-0.3, -0.25) is 4.72 Å². The first kappa shape index (κ1) is 19.8. The maximum atomic E-state index is 11.8. The van der Waals surface area contributed by atoms with Crippen molar-refractivity contribution in [2.24, 2.45) is 0 Å². The van der Waals surface area contributed by atoms with E-state index in [1.807, 2.05) is 30.3 Å². The van der Waals surface area contributed by atoms with Crippen molar-refractivity contribution in [2.45, 2.75) is 26.8 Å². The molecule has 1 aromatic heterocycles. The van der Waals surface area contributed by atoms with Crippen molar-refractivity contribution in [3.05, 3.63) is 48.0 Å². The monoisotopic (exact) mass is 397 g/mol. The third-order valence-electron chi connectivity index (χ3n) is 4.64. The zero-order chi connectivity index (χ0) is 20.3. The zero-order valence-corrected chi connectivity index (χ0v) is 17.0. The molecule has 0 amide bonds. The van der Waals surface area contributed by atoms with Crippen LogP contribution < -0.4 is 9.46 Å². The molecule has 6 nitrogen and oxygen atoms in total. The number of sulfonamides is 1. The fourth-order valence-corrected chi connectivity index (χ4v) is 3.91. The zero-order valence-electron chi connectivity index (χ0n) is 16.2. The molecule has 0 saturated carbocycles. The molecule has 0 bridgehead atoms. The van der Waals surface area contributed by atoms with E-state index in [0.717, 1.165) is 40.9 Å². The molecular weight excluding hydrogens is 374 g/mol. The van der Waals surface area contributed by atoms with Crippen LogP contribution in [0.4, 0.5) is 5.69 Å². The van der Waals surface area contributed by atoms with Gasteiger partial charge in [-0.1, -0.05) is 19.1 Å². The Hall–Kier alpha value is -2.98. The average molecular weight is 398 g/mol. The lowest BCUT2D eigenvalue weighted by Gasteiger charge is -2.12. The van der Waals surface area contributed by atoms with Crippen molar-refractivity contribution in [1.82, 2.24) is 4.57 Å². The number of benzene rings is 2. The molecule has 0 fully saturated rings. The Kier molecular flexibility index (Phi) is 5.61. The maximum Gasteiger partial charge on any atom is 0.232 e. The number of hydrogen-bond donors (Lipinski definition) is 1. The molecule has 0 aliphatic rings. The van der Waals surface area contributed by atoms with Crippen LogP contribution >= 0.6 is 0 Å². The lowest BCUT2D eigenvalue weighted by Crippen LogP contribution is -2.14. The van der Waals surface area contributed by atoms with Gasteiger partial charge < -0.3 is 9.30 Å². The highest BCUT2D eigenvalue weighted by Gasteiger charge is 2.19. The average Bonchev–Trinajstić information content (AvgIpc) is 3.01. The molecule has 0 unspecified atom stereocenters. The summed E-state index contributed by atoms with van der Waals surface area (Å²) in [7, 11) is -1.71. The Labute approximate surface area is 165 Å². The van der Waals surface area contributed by atoms with Crippen molar-refractivity contribution >= 4 is 26.6 Å². The summed E-state index contributed by atoms with van der Waals surface area (Å²) in [6.07, 6.45) is 0.910. The van der Waals surface area contributed by atoms with E-state index in [2.05, 4.69) is 22.3 Å². The first-order valence-corrected chi connectivity index (χ1v) is 10.8. The van der Waals surface area contributed by atoms with E-state index in [1.54, 1.807) is 26.2 Å². The highest BCUT2D eigenvalue weighted by molar-refractivity contribution is 7.92. The highest BCUT2D eigenvalue weighted by atomic mass is 32.2. The molecule has 0 radical (unpaired) electrons. The van der Waals surface area contributed by atoms with Crippen LogP contribution in [0.25, 0.3) is 22.2 Å². The van der Waals surface area contributed by atoms with Gasteiger partial charge in [-0.25, -0.2) is 8.42 Å². The van der Waals surface area contributed by atoms with Crippen LogP contribution in [-0.4, -0.2) is 25.8 Å². The van der Waals surface area contributed by atoms with Crippen LogP contribution in [0.3, 0.4) is 0 Å². The molecule has 28 heavy (non-hydrogen) atoms. The van der Waals surface area contributed by atoms with E-state index < -0.39 is 10.0 Å². The van der Waals surface area contributed by atoms with E-state index in [0.29, 0.717) is 11.3 Å². The molecule has 0 atom stereocenters. The number of methoxy groups -OCH3 is 1. The predicted octanol–water partition coefficient (Wildman–Crippen LogP) is 4.36. The van der Waals surface area contributed by atoms with Crippen LogP contribution in [0.1, 0.15) is 25.8 Å². The minimum Gasteiger partial charge on any atom is -0.497 e. The molecule has 3 aromatic rings. The molecule has 2 aromatic carbocycles. The molecule has 146 valence electrons. The summed E-state index contributed by atoms with van der Waals surface area (Å²) in [5, 5.41) is 10.7. The van der Waals surface area contributed by atoms with Gasteiger partial charge in [-0.15, -0.1) is 0 Å². The Morgan fingerprint density at radius 3 is 2.43 bits per heavy atom. The van der Waals surface area contributed by atoms with E-state index >= 15 is 0 Å². The van der Waals surface area contributed by atoms with Crippen LogP contribution in [0, 0.1) is 11.3 Å². The number of fused-ring (bicyclic) bond motifs is 1. The summed E-state index contributed by atoms with van der Waals surface area (Å²) in [4.78, 5) is 0. The predicted molar refractivity (Wildman–Crippen MR) is 112 cm³/mol. The fourth-order valence-electron chi connectivity index (χ4n) is 3.27. The summed E-state index contributed by atoms with van der Waals surface area (Å²) in [6, 6.07) is 15.2. The van der Waals surface area contributed by atoms with Crippen LogP contribution in [-0.2, 0) is 16.6 Å². The number of nitrogens with one attached hydrogen (secondary N) is 1. The molecule has 3 rings (SSSR count). The van der Waals surface area contributed by atoms with Crippen molar-refractivity contribution in [2.75, 3.05) is 17.6 Å². The van der Waals surface area contributed by atoms with E-state index in [9.17, 15) is 13.7 Å². The summed E-state index contributed by atoms with van der Waals surface area (Å²) >= 11 is 0. The molecule has 1 heterocycles. The normalized spacial score (nSPS) is 11.4. The van der Waals surface area contributed by atoms with Crippen LogP contribution in [0.15, 0.2) is 42.5 Å². The van der Waals surface area contributed by atoms with E-state index in [1.165, 1.54) is 0 Å². The summed E-state index contributed by atoms with van der Waals surface area (Å²) in [6.45, 7) is 4.43. The second-order valence-electron chi connectivity index (χ2n) is 6.45. The van der Waals surface area contributed by atoms with Crippen LogP contribution in [0.2, 0.25) is 0 Å². The van der Waals surface area contributed by atoms with Crippen molar-refractivity contribution in [3.8, 4) is 23.1 Å². The van der Waals surface area contributed by atoms with Gasteiger partial charge >= 0.3 is 0 Å². The summed E-state index contributed by atoms with van der Waals surface area (Å²) in [5.74, 6) is 0.752. The van der Waals surface area contributed by atoms with Gasteiger partial charge in [0.2, 0.25) is 10.0 Å². The summed E-state index contributed by atoms with van der Waals surface area (Å²) < 4.78 is 33.6. The van der Waals surface area contributed by atoms with Crippen molar-refractivity contribution in [1.29, 1.82) is 5.26 Å². The van der Waals surface area contributed by atoms with Gasteiger partial charge in [-0.2, -0.15) is 5.26 Å². The standard InChI is InChI=1S/C21H23N3O3S/c1-4-12-24-20-13-17(27-3)10-11-18(20)19(14-22)21(24)15-6-8-16(9-7-15)23-28(25,26)5-2/h6-11,13,23H,4-5,12H2,1-3H3. The van der Waals surface area contributed by atoms with Crippen molar-refractivity contribution in [3.63, 3.8) is 0 Å². The number of aromatic nitrogens is 1. The van der Waals surface area contributed by atoms with E-state index in [4.69, 9.17) is 4.74 Å². The fraction of sp³-hybridized carbons (Fsp3) is 0.286. The van der Waals surface area contributed by atoms with Gasteiger partial charge in [0.1, 0.15) is 11.8 Å². The Bertz CT molecular complexity index is 1140. The van der Waals surface area contributed by atoms with Gasteiger partial charge in [0, 0.05) is 23.7 Å². The molecule has 0 aliphatic heterocycles. The second kappa shape index (κ2) is 7.95. The Balaban J connectivity index is 2.16. The van der Waals surface area contributed by atoms with Gasteiger partial charge in [0.05, 0.1) is 29.6 Å². The SMILES string of the molecule is CCCn1c(-c2ccc(NS(=O)(=O)CC)cc2)c(C#N)c2ccc(OC)cc21. The minimum absolute atomic E-state index is 0.0138.